The molecule has 4 aromatic rings. The lowest BCUT2D eigenvalue weighted by Gasteiger charge is -2.10. The molecule has 0 saturated carbocycles. The number of hydrogen-bond acceptors (Lipinski definition) is 5. The highest BCUT2D eigenvalue weighted by Crippen LogP contribution is 2.35. The summed E-state index contributed by atoms with van der Waals surface area (Å²) >= 11 is 3.30. The first-order chi connectivity index (χ1) is 13.7. The summed E-state index contributed by atoms with van der Waals surface area (Å²) in [4.78, 5) is 24.0. The Hall–Kier alpha value is -2.77. The molecule has 3 heterocycles. The number of nitrogens with one attached hydrogen (secondary N) is 2. The Morgan fingerprint density at radius 2 is 1.64 bits per heavy atom. The maximum absolute atomic E-state index is 12.0. The van der Waals surface area contributed by atoms with Crippen molar-refractivity contribution in [2.45, 2.75) is 19.8 Å². The molecule has 0 fully saturated rings. The van der Waals surface area contributed by atoms with Crippen molar-refractivity contribution in [1.29, 1.82) is 0 Å². The van der Waals surface area contributed by atoms with Gasteiger partial charge in [-0.2, -0.15) is 0 Å². The molecular weight excluding hydrogens is 388 g/mol. The van der Waals surface area contributed by atoms with Crippen molar-refractivity contribution in [2.24, 2.45) is 0 Å². The molecule has 1 aromatic carbocycles. The van der Waals surface area contributed by atoms with Gasteiger partial charge in [0.1, 0.15) is 11.4 Å². The van der Waals surface area contributed by atoms with Gasteiger partial charge in [0.15, 0.2) is 0 Å². The Kier molecular flexibility index (Phi) is 5.64. The van der Waals surface area contributed by atoms with Crippen LogP contribution in [0.5, 0.6) is 0 Å². The minimum atomic E-state index is -0.200. The number of fused-ring (bicyclic) bond motifs is 1. The van der Waals surface area contributed by atoms with Crippen LogP contribution in [0.25, 0.3) is 32.2 Å². The van der Waals surface area contributed by atoms with Crippen LogP contribution in [-0.2, 0) is 0 Å². The van der Waals surface area contributed by atoms with Gasteiger partial charge in [-0.1, -0.05) is 25.5 Å². The van der Waals surface area contributed by atoms with Crippen LogP contribution in [0, 0.1) is 0 Å². The standard InChI is InChI=1S/C21H20N4OS2/c1-2-3-10-22-21(26)23-14-8-9-15-16(13-14)25-20(18-7-5-12-28-18)19(24-15)17-6-4-11-27-17/h4-9,11-13H,2-3,10H2,1H3,(H2,22,23,26). The fourth-order valence-corrected chi connectivity index (χ4v) is 4.29. The predicted octanol–water partition coefficient (Wildman–Crippen LogP) is 6.01. The number of hydrogen-bond donors (Lipinski definition) is 2. The largest absolute Gasteiger partial charge is 0.338 e. The molecule has 28 heavy (non-hydrogen) atoms. The summed E-state index contributed by atoms with van der Waals surface area (Å²) < 4.78 is 0. The second-order valence-corrected chi connectivity index (χ2v) is 8.21. The van der Waals surface area contributed by atoms with E-state index in [-0.39, 0.29) is 6.03 Å². The monoisotopic (exact) mass is 408 g/mol. The Labute approximate surface area is 171 Å². The average molecular weight is 409 g/mol. The van der Waals surface area contributed by atoms with Crippen molar-refractivity contribution in [1.82, 2.24) is 15.3 Å². The van der Waals surface area contributed by atoms with Gasteiger partial charge in [-0.15, -0.1) is 22.7 Å². The summed E-state index contributed by atoms with van der Waals surface area (Å²) in [5.74, 6) is 0. The molecule has 0 spiro atoms. The fraction of sp³-hybridized carbons (Fsp3) is 0.190. The first-order valence-corrected chi connectivity index (χ1v) is 10.9. The maximum atomic E-state index is 12.0. The molecule has 0 saturated heterocycles. The lowest BCUT2D eigenvalue weighted by Crippen LogP contribution is -2.29. The van der Waals surface area contributed by atoms with Crippen LogP contribution in [0.15, 0.2) is 53.2 Å². The summed E-state index contributed by atoms with van der Waals surface area (Å²) in [5, 5.41) is 9.82. The van der Waals surface area contributed by atoms with Crippen molar-refractivity contribution in [3.63, 3.8) is 0 Å². The van der Waals surface area contributed by atoms with Crippen LogP contribution in [0.1, 0.15) is 19.8 Å². The second kappa shape index (κ2) is 8.50. The number of aromatic nitrogens is 2. The molecule has 142 valence electrons. The van der Waals surface area contributed by atoms with E-state index in [9.17, 15) is 4.79 Å². The first kappa shape index (κ1) is 18.6. The molecule has 0 aliphatic rings. The smallest absolute Gasteiger partial charge is 0.319 e. The number of amides is 2. The van der Waals surface area contributed by atoms with E-state index in [0.29, 0.717) is 12.2 Å². The Morgan fingerprint density at radius 1 is 0.964 bits per heavy atom. The highest BCUT2D eigenvalue weighted by atomic mass is 32.1. The molecule has 0 atom stereocenters. The average Bonchev–Trinajstić information content (AvgIpc) is 3.41. The van der Waals surface area contributed by atoms with Gasteiger partial charge in [0.2, 0.25) is 0 Å². The van der Waals surface area contributed by atoms with E-state index in [1.54, 1.807) is 22.7 Å². The third kappa shape index (κ3) is 4.05. The van der Waals surface area contributed by atoms with E-state index in [1.807, 2.05) is 41.1 Å². The Morgan fingerprint density at radius 3 is 2.25 bits per heavy atom. The zero-order valence-electron chi connectivity index (χ0n) is 15.4. The van der Waals surface area contributed by atoms with Gasteiger partial charge in [-0.05, 0) is 47.5 Å². The van der Waals surface area contributed by atoms with Gasteiger partial charge >= 0.3 is 6.03 Å². The highest BCUT2D eigenvalue weighted by molar-refractivity contribution is 7.14. The molecule has 5 nitrogen and oxygen atoms in total. The van der Waals surface area contributed by atoms with E-state index in [0.717, 1.165) is 45.0 Å². The molecule has 0 unspecified atom stereocenters. The third-order valence-electron chi connectivity index (χ3n) is 4.25. The van der Waals surface area contributed by atoms with E-state index in [2.05, 4.69) is 29.7 Å². The molecule has 2 amide bonds. The van der Waals surface area contributed by atoms with Crippen LogP contribution in [-0.4, -0.2) is 22.5 Å². The summed E-state index contributed by atoms with van der Waals surface area (Å²) in [6, 6.07) is 13.6. The molecule has 0 radical (unpaired) electrons. The van der Waals surface area contributed by atoms with Crippen LogP contribution >= 0.6 is 22.7 Å². The lowest BCUT2D eigenvalue weighted by atomic mass is 10.2. The Balaban J connectivity index is 1.69. The molecule has 3 aromatic heterocycles. The number of benzene rings is 1. The van der Waals surface area contributed by atoms with Gasteiger partial charge in [0.25, 0.3) is 0 Å². The molecule has 4 rings (SSSR count). The van der Waals surface area contributed by atoms with Crippen molar-refractivity contribution in [3.05, 3.63) is 53.2 Å². The number of carbonyl (C=O) groups excluding carboxylic acids is 1. The number of carbonyl (C=O) groups is 1. The molecular formula is C21H20N4OS2. The Bertz CT molecular complexity index is 1080. The highest BCUT2D eigenvalue weighted by Gasteiger charge is 2.15. The molecule has 0 aliphatic heterocycles. The topological polar surface area (TPSA) is 66.9 Å². The van der Waals surface area contributed by atoms with Crippen LogP contribution < -0.4 is 10.6 Å². The third-order valence-corrected chi connectivity index (χ3v) is 6.00. The summed E-state index contributed by atoms with van der Waals surface area (Å²) in [6.07, 6.45) is 2.01. The van der Waals surface area contributed by atoms with Crippen LogP contribution in [0.4, 0.5) is 10.5 Å². The van der Waals surface area contributed by atoms with E-state index < -0.39 is 0 Å². The SMILES string of the molecule is CCCCNC(=O)Nc1ccc2nc(-c3cccs3)c(-c3cccs3)nc2c1. The predicted molar refractivity (Wildman–Crippen MR) is 118 cm³/mol. The number of urea groups is 1. The van der Waals surface area contributed by atoms with E-state index >= 15 is 0 Å². The van der Waals surface area contributed by atoms with Gasteiger partial charge in [0, 0.05) is 12.2 Å². The maximum Gasteiger partial charge on any atom is 0.319 e. The van der Waals surface area contributed by atoms with Crippen molar-refractivity contribution >= 4 is 45.4 Å². The van der Waals surface area contributed by atoms with Crippen molar-refractivity contribution in [3.8, 4) is 21.1 Å². The second-order valence-electron chi connectivity index (χ2n) is 6.31. The van der Waals surface area contributed by atoms with Crippen LogP contribution in [0.3, 0.4) is 0 Å². The van der Waals surface area contributed by atoms with Crippen molar-refractivity contribution < 1.29 is 4.79 Å². The minimum Gasteiger partial charge on any atom is -0.338 e. The first-order valence-electron chi connectivity index (χ1n) is 9.19. The van der Waals surface area contributed by atoms with Gasteiger partial charge in [-0.3, -0.25) is 0 Å². The number of rotatable bonds is 6. The fourth-order valence-electron chi connectivity index (χ4n) is 2.86. The van der Waals surface area contributed by atoms with Gasteiger partial charge < -0.3 is 10.6 Å². The molecule has 0 aliphatic carbocycles. The minimum absolute atomic E-state index is 0.200. The zero-order chi connectivity index (χ0) is 19.3. The quantitative estimate of drug-likeness (QED) is 0.384. The molecule has 7 heteroatoms. The number of thiophene rings is 2. The summed E-state index contributed by atoms with van der Waals surface area (Å²) in [7, 11) is 0. The van der Waals surface area contributed by atoms with Crippen LogP contribution in [0.2, 0.25) is 0 Å². The van der Waals surface area contributed by atoms with Crippen molar-refractivity contribution in [2.75, 3.05) is 11.9 Å². The summed E-state index contributed by atoms with van der Waals surface area (Å²) in [5.41, 5.74) is 4.03. The normalized spacial score (nSPS) is 10.9. The number of unbranched alkanes of at least 4 members (excludes halogenated alkanes) is 1. The number of nitrogens with zero attached hydrogens (tertiary/aromatic N) is 2. The molecule has 2 N–H and O–H groups in total. The number of anilines is 1. The van der Waals surface area contributed by atoms with E-state index in [4.69, 9.17) is 9.97 Å². The summed E-state index contributed by atoms with van der Waals surface area (Å²) in [6.45, 7) is 2.76. The lowest BCUT2D eigenvalue weighted by molar-refractivity contribution is 0.252. The van der Waals surface area contributed by atoms with Gasteiger partial charge in [0.05, 0.1) is 20.8 Å². The van der Waals surface area contributed by atoms with Gasteiger partial charge in [-0.25, -0.2) is 14.8 Å². The van der Waals surface area contributed by atoms with E-state index in [1.165, 1.54) is 0 Å². The zero-order valence-corrected chi connectivity index (χ0v) is 17.1. The molecule has 0 bridgehead atoms.